The SMILES string of the molecule is CC[C@H](C)[C@H](NC(=O)[C@H](Cc1ccc(O)cc1)NC(=O)[C@H](C)NC(=O)[C@H](C)NC(=O)[C@@H]1CCCN1C(=O)CN)C(=O)N[C@@H](CO)C(=O)N[C@@H](CCCCN)C(=O)N[C@@H](CCCCN)C(=O)N[C@@H](CO)C(=O)O. The van der Waals surface area contributed by atoms with Gasteiger partial charge in [0, 0.05) is 13.0 Å². The Labute approximate surface area is 418 Å². The molecular weight excluding hydrogens is 945 g/mol. The van der Waals surface area contributed by atoms with E-state index in [1.165, 1.54) is 43.0 Å². The number of unbranched alkanes of at least 4 members (excludes halogenated alkanes) is 2. The van der Waals surface area contributed by atoms with Gasteiger partial charge < -0.3 is 85.1 Å². The van der Waals surface area contributed by atoms with Crippen molar-refractivity contribution in [3.05, 3.63) is 29.8 Å². The lowest BCUT2D eigenvalue weighted by atomic mass is 9.96. The maximum absolute atomic E-state index is 14.2. The van der Waals surface area contributed by atoms with Crippen LogP contribution in [-0.4, -0.2) is 178 Å². The van der Waals surface area contributed by atoms with Crippen molar-refractivity contribution in [1.82, 2.24) is 47.4 Å². The highest BCUT2D eigenvalue weighted by Crippen LogP contribution is 2.18. The Hall–Kier alpha value is -6.48. The number of likely N-dealkylation sites (tertiary alicyclic amines) is 1. The van der Waals surface area contributed by atoms with Crippen LogP contribution in [0.4, 0.5) is 0 Å². The number of carbonyl (C=O) groups excluding carboxylic acids is 9. The summed E-state index contributed by atoms with van der Waals surface area (Å²) in [7, 11) is 0. The number of amides is 9. The number of rotatable bonds is 32. The summed E-state index contributed by atoms with van der Waals surface area (Å²) in [5.41, 5.74) is 17.2. The second kappa shape index (κ2) is 31.8. The molecule has 1 aliphatic heterocycles. The molecule has 0 aliphatic carbocycles. The number of aliphatic hydroxyl groups excluding tert-OH is 2. The van der Waals surface area contributed by atoms with E-state index in [0.29, 0.717) is 57.1 Å². The molecule has 26 heteroatoms. The lowest BCUT2D eigenvalue weighted by Crippen LogP contribution is -2.61. The fourth-order valence-corrected chi connectivity index (χ4v) is 7.54. The molecule has 9 amide bonds. The number of carboxylic acid groups (broad SMARTS) is 1. The van der Waals surface area contributed by atoms with Crippen LogP contribution in [0.25, 0.3) is 0 Å². The minimum absolute atomic E-state index is 0.0119. The van der Waals surface area contributed by atoms with Crippen LogP contribution in [0.15, 0.2) is 24.3 Å². The molecule has 0 saturated carbocycles. The molecule has 0 unspecified atom stereocenters. The highest BCUT2D eigenvalue weighted by molar-refractivity contribution is 5.98. The number of hydrogen-bond acceptors (Lipinski definition) is 16. The average Bonchev–Trinajstić information content (AvgIpc) is 3.86. The van der Waals surface area contributed by atoms with Gasteiger partial charge >= 0.3 is 5.97 Å². The predicted octanol–water partition coefficient (Wildman–Crippen LogP) is -4.82. The minimum atomic E-state index is -1.69. The predicted molar refractivity (Wildman–Crippen MR) is 259 cm³/mol. The molecule has 0 spiro atoms. The summed E-state index contributed by atoms with van der Waals surface area (Å²) in [5, 5.41) is 58.9. The highest BCUT2D eigenvalue weighted by Gasteiger charge is 2.37. The lowest BCUT2D eigenvalue weighted by Gasteiger charge is -2.29. The second-order valence-corrected chi connectivity index (χ2v) is 17.7. The summed E-state index contributed by atoms with van der Waals surface area (Å²) in [6.45, 7) is 4.72. The Morgan fingerprint density at radius 3 is 1.58 bits per heavy atom. The van der Waals surface area contributed by atoms with Crippen LogP contribution in [0, 0.1) is 5.92 Å². The van der Waals surface area contributed by atoms with Crippen molar-refractivity contribution < 1.29 is 68.4 Å². The van der Waals surface area contributed by atoms with Crippen LogP contribution in [0.3, 0.4) is 0 Å². The third kappa shape index (κ3) is 20.0. The lowest BCUT2D eigenvalue weighted by molar-refractivity contribution is -0.143. The molecule has 0 bridgehead atoms. The van der Waals surface area contributed by atoms with Crippen LogP contribution in [0.2, 0.25) is 0 Å². The highest BCUT2D eigenvalue weighted by atomic mass is 16.4. The molecule has 1 saturated heterocycles. The number of phenolic OH excluding ortho intramolecular Hbond substituents is 1. The van der Waals surface area contributed by atoms with Crippen LogP contribution in [0.5, 0.6) is 5.75 Å². The summed E-state index contributed by atoms with van der Waals surface area (Å²) >= 11 is 0. The zero-order valence-corrected chi connectivity index (χ0v) is 41.4. The number of nitrogens with one attached hydrogen (secondary N) is 8. The van der Waals surface area contributed by atoms with Gasteiger partial charge in [-0.15, -0.1) is 0 Å². The first-order chi connectivity index (χ1) is 34.2. The molecule has 72 heavy (non-hydrogen) atoms. The molecular formula is C46H76N12O14. The van der Waals surface area contributed by atoms with Gasteiger partial charge in [-0.05, 0) is 102 Å². The van der Waals surface area contributed by atoms with Crippen molar-refractivity contribution in [2.24, 2.45) is 23.1 Å². The Kier molecular flexibility index (Phi) is 27.2. The van der Waals surface area contributed by atoms with Crippen molar-refractivity contribution >= 4 is 59.1 Å². The molecule has 404 valence electrons. The number of hydrogen-bond donors (Lipinski definition) is 15. The Morgan fingerprint density at radius 1 is 0.611 bits per heavy atom. The molecule has 10 atom stereocenters. The molecule has 1 aliphatic rings. The fraction of sp³-hybridized carbons (Fsp3) is 0.652. The van der Waals surface area contributed by atoms with E-state index in [2.05, 4.69) is 42.5 Å². The van der Waals surface area contributed by atoms with Gasteiger partial charge in [0.2, 0.25) is 53.2 Å². The summed E-state index contributed by atoms with van der Waals surface area (Å²) in [4.78, 5) is 134. The molecule has 26 nitrogen and oxygen atoms in total. The fourth-order valence-electron chi connectivity index (χ4n) is 7.54. The topological polar surface area (TPSA) is 429 Å². The summed E-state index contributed by atoms with van der Waals surface area (Å²) in [5.74, 6) is -9.38. The number of aromatic hydroxyl groups is 1. The molecule has 0 aromatic heterocycles. The number of carboxylic acids is 1. The Morgan fingerprint density at radius 2 is 1.08 bits per heavy atom. The van der Waals surface area contributed by atoms with Crippen molar-refractivity contribution in [3.63, 3.8) is 0 Å². The van der Waals surface area contributed by atoms with Crippen molar-refractivity contribution in [1.29, 1.82) is 0 Å². The van der Waals surface area contributed by atoms with Crippen molar-refractivity contribution in [2.45, 2.75) is 146 Å². The summed E-state index contributed by atoms with van der Waals surface area (Å²) < 4.78 is 0. The number of nitrogens with two attached hydrogens (primary N) is 3. The first-order valence-electron chi connectivity index (χ1n) is 24.2. The van der Waals surface area contributed by atoms with Gasteiger partial charge in [0.1, 0.15) is 60.1 Å². The second-order valence-electron chi connectivity index (χ2n) is 17.7. The summed E-state index contributed by atoms with van der Waals surface area (Å²) in [6.07, 6.45) is 2.61. The zero-order chi connectivity index (χ0) is 54.1. The van der Waals surface area contributed by atoms with E-state index in [4.69, 9.17) is 17.2 Å². The van der Waals surface area contributed by atoms with E-state index < -0.39 is 133 Å². The van der Waals surface area contributed by atoms with Crippen molar-refractivity contribution in [3.8, 4) is 5.75 Å². The molecule has 1 aromatic carbocycles. The molecule has 1 fully saturated rings. The van der Waals surface area contributed by atoms with E-state index in [0.717, 1.165) is 0 Å². The molecule has 0 radical (unpaired) electrons. The van der Waals surface area contributed by atoms with Gasteiger partial charge in [-0.2, -0.15) is 0 Å². The normalized spacial score (nSPS) is 17.0. The van der Waals surface area contributed by atoms with Crippen molar-refractivity contribution in [2.75, 3.05) is 39.4 Å². The summed E-state index contributed by atoms with van der Waals surface area (Å²) in [6, 6.07) is -6.33. The zero-order valence-electron chi connectivity index (χ0n) is 41.4. The van der Waals surface area contributed by atoms with Gasteiger partial charge in [0.25, 0.3) is 0 Å². The van der Waals surface area contributed by atoms with E-state index in [1.54, 1.807) is 13.8 Å². The molecule has 2 rings (SSSR count). The van der Waals surface area contributed by atoms with Gasteiger partial charge in [-0.3, -0.25) is 43.2 Å². The van der Waals surface area contributed by atoms with E-state index in [9.17, 15) is 68.4 Å². The van der Waals surface area contributed by atoms with Gasteiger partial charge in [0.15, 0.2) is 0 Å². The quantitative estimate of drug-likeness (QED) is 0.0301. The van der Waals surface area contributed by atoms with Crippen LogP contribution < -0.4 is 59.7 Å². The third-order valence-electron chi connectivity index (χ3n) is 12.1. The Bertz CT molecular complexity index is 2000. The van der Waals surface area contributed by atoms with Crippen LogP contribution >= 0.6 is 0 Å². The van der Waals surface area contributed by atoms with E-state index >= 15 is 0 Å². The molecule has 18 N–H and O–H groups in total. The number of phenols is 1. The van der Waals surface area contributed by atoms with Gasteiger partial charge in [-0.25, -0.2) is 4.79 Å². The smallest absolute Gasteiger partial charge is 0.328 e. The number of nitrogens with zero attached hydrogens (tertiary/aromatic N) is 1. The molecule has 1 heterocycles. The maximum Gasteiger partial charge on any atom is 0.328 e. The van der Waals surface area contributed by atoms with E-state index in [1.807, 2.05) is 0 Å². The Balaban J connectivity index is 2.29. The first kappa shape index (κ1) is 61.6. The van der Waals surface area contributed by atoms with Crippen LogP contribution in [0.1, 0.15) is 91.0 Å². The largest absolute Gasteiger partial charge is 0.508 e. The maximum atomic E-state index is 14.2. The van der Waals surface area contributed by atoms with Gasteiger partial charge in [-0.1, -0.05) is 32.4 Å². The number of benzene rings is 1. The minimum Gasteiger partial charge on any atom is -0.508 e. The third-order valence-corrected chi connectivity index (χ3v) is 12.1. The van der Waals surface area contributed by atoms with Gasteiger partial charge in [0.05, 0.1) is 19.8 Å². The number of carbonyl (C=O) groups is 10. The first-order valence-corrected chi connectivity index (χ1v) is 24.2. The number of aliphatic hydroxyl groups is 2. The van der Waals surface area contributed by atoms with E-state index in [-0.39, 0.29) is 44.6 Å². The monoisotopic (exact) mass is 1020 g/mol. The standard InChI is InChI=1S/C46H76N12O14/c1-5-25(2)37(45(70)55-33(23-59)43(68)53-30(11-6-8-18-47)40(65)52-31(12-7-9-19-48)41(66)56-34(24-60)46(71)72)57-42(67)32(21-28-14-16-29(61)17-15-28)54-39(64)27(4)50-38(63)26(3)51-44(69)35-13-10-20-58(35)36(62)22-49/h14-17,25-27,30-35,37,59-61H,5-13,18-24,47-49H2,1-4H3,(H,50,63)(H,51,69)(H,52,65)(H,53,68)(H,54,64)(H,55,70)(H,56,66)(H,57,67)(H,71,72)/t25-,26-,27-,30-,31-,32-,33-,34-,35-,37-/m0/s1. The average molecular weight is 1020 g/mol. The number of aliphatic carboxylic acids is 1. The molecule has 1 aromatic rings. The van der Waals surface area contributed by atoms with Crippen LogP contribution in [-0.2, 0) is 54.4 Å².